The third kappa shape index (κ3) is 3.60. The van der Waals surface area contributed by atoms with Crippen molar-refractivity contribution in [3.05, 3.63) is 30.1 Å². The SMILES string of the molecule is C[C@H]1CC[C@H](COCc2ccncc2)CC1. The summed E-state index contributed by atoms with van der Waals surface area (Å²) in [6.45, 7) is 4.01. The Morgan fingerprint density at radius 3 is 2.56 bits per heavy atom. The van der Waals surface area contributed by atoms with Gasteiger partial charge in [0.1, 0.15) is 0 Å². The molecule has 0 N–H and O–H groups in total. The Labute approximate surface area is 98.0 Å². The van der Waals surface area contributed by atoms with Gasteiger partial charge in [-0.15, -0.1) is 0 Å². The van der Waals surface area contributed by atoms with Gasteiger partial charge in [0, 0.05) is 19.0 Å². The van der Waals surface area contributed by atoms with Gasteiger partial charge in [-0.2, -0.15) is 0 Å². The molecule has 0 aromatic carbocycles. The van der Waals surface area contributed by atoms with Crippen LogP contribution >= 0.6 is 0 Å². The summed E-state index contributed by atoms with van der Waals surface area (Å²) in [6, 6.07) is 4.03. The molecule has 2 heteroatoms. The van der Waals surface area contributed by atoms with Crippen LogP contribution in [0.5, 0.6) is 0 Å². The van der Waals surface area contributed by atoms with Gasteiger partial charge in [-0.05, 0) is 42.4 Å². The van der Waals surface area contributed by atoms with Crippen molar-refractivity contribution in [3.63, 3.8) is 0 Å². The highest BCUT2D eigenvalue weighted by atomic mass is 16.5. The fourth-order valence-corrected chi connectivity index (χ4v) is 2.32. The van der Waals surface area contributed by atoms with Gasteiger partial charge in [0.2, 0.25) is 0 Å². The molecule has 1 aromatic rings. The first kappa shape index (κ1) is 11.6. The Kier molecular flexibility index (Phi) is 4.34. The summed E-state index contributed by atoms with van der Waals surface area (Å²) in [5, 5.41) is 0. The summed E-state index contributed by atoms with van der Waals surface area (Å²) in [5.41, 5.74) is 1.22. The van der Waals surface area contributed by atoms with Crippen LogP contribution in [0.4, 0.5) is 0 Å². The van der Waals surface area contributed by atoms with Crippen molar-refractivity contribution in [2.45, 2.75) is 39.2 Å². The predicted molar refractivity (Wildman–Crippen MR) is 65.0 cm³/mol. The van der Waals surface area contributed by atoms with Crippen molar-refractivity contribution < 1.29 is 4.74 Å². The highest BCUT2D eigenvalue weighted by Crippen LogP contribution is 2.28. The van der Waals surface area contributed by atoms with E-state index in [0.29, 0.717) is 0 Å². The van der Waals surface area contributed by atoms with Crippen LogP contribution < -0.4 is 0 Å². The summed E-state index contributed by atoms with van der Waals surface area (Å²) in [5.74, 6) is 1.72. The Morgan fingerprint density at radius 1 is 1.19 bits per heavy atom. The van der Waals surface area contributed by atoms with E-state index in [2.05, 4.69) is 11.9 Å². The van der Waals surface area contributed by atoms with E-state index in [4.69, 9.17) is 4.74 Å². The van der Waals surface area contributed by atoms with E-state index >= 15 is 0 Å². The standard InChI is InChI=1S/C14H21NO/c1-12-2-4-13(5-3-12)10-16-11-14-6-8-15-9-7-14/h6-9,12-13H,2-5,10-11H2,1H3/t12-,13-. The normalized spacial score (nSPS) is 25.6. The van der Waals surface area contributed by atoms with Gasteiger partial charge in [-0.25, -0.2) is 0 Å². The summed E-state index contributed by atoms with van der Waals surface area (Å²) in [6.07, 6.45) is 9.09. The zero-order valence-electron chi connectivity index (χ0n) is 10.1. The minimum absolute atomic E-state index is 0.731. The van der Waals surface area contributed by atoms with Crippen LogP contribution in [0.1, 0.15) is 38.2 Å². The minimum Gasteiger partial charge on any atom is -0.376 e. The highest BCUT2D eigenvalue weighted by molar-refractivity contribution is 5.07. The molecule has 1 saturated carbocycles. The number of hydrogen-bond donors (Lipinski definition) is 0. The number of pyridine rings is 1. The summed E-state index contributed by atoms with van der Waals surface area (Å²) < 4.78 is 5.77. The molecule has 0 amide bonds. The molecule has 1 aliphatic rings. The molecule has 88 valence electrons. The monoisotopic (exact) mass is 219 g/mol. The highest BCUT2D eigenvalue weighted by Gasteiger charge is 2.17. The number of rotatable bonds is 4. The van der Waals surface area contributed by atoms with Gasteiger partial charge >= 0.3 is 0 Å². The average molecular weight is 219 g/mol. The van der Waals surface area contributed by atoms with Crippen LogP contribution in [0.25, 0.3) is 0 Å². The lowest BCUT2D eigenvalue weighted by Crippen LogP contribution is -2.17. The first-order chi connectivity index (χ1) is 7.84. The van der Waals surface area contributed by atoms with Crippen LogP contribution in [-0.4, -0.2) is 11.6 Å². The summed E-state index contributed by atoms with van der Waals surface area (Å²) in [4.78, 5) is 4.00. The lowest BCUT2D eigenvalue weighted by molar-refractivity contribution is 0.0683. The van der Waals surface area contributed by atoms with Gasteiger partial charge < -0.3 is 4.74 Å². The number of ether oxygens (including phenoxy) is 1. The van der Waals surface area contributed by atoms with Crippen LogP contribution in [0.15, 0.2) is 24.5 Å². The zero-order chi connectivity index (χ0) is 11.2. The third-order valence-electron chi connectivity index (χ3n) is 3.51. The van der Waals surface area contributed by atoms with E-state index in [-0.39, 0.29) is 0 Å². The van der Waals surface area contributed by atoms with E-state index in [0.717, 1.165) is 25.0 Å². The maximum atomic E-state index is 5.77. The molecular weight excluding hydrogens is 198 g/mol. The molecule has 0 atom stereocenters. The van der Waals surface area contributed by atoms with Crippen molar-refractivity contribution in [2.24, 2.45) is 11.8 Å². The number of aromatic nitrogens is 1. The van der Waals surface area contributed by atoms with Gasteiger partial charge in [-0.1, -0.05) is 19.8 Å². The molecule has 0 aliphatic heterocycles. The number of nitrogens with zero attached hydrogens (tertiary/aromatic N) is 1. The Balaban J connectivity index is 1.65. The quantitative estimate of drug-likeness (QED) is 0.774. The second-order valence-electron chi connectivity index (χ2n) is 5.00. The number of hydrogen-bond acceptors (Lipinski definition) is 2. The molecule has 1 heterocycles. The smallest absolute Gasteiger partial charge is 0.0718 e. The van der Waals surface area contributed by atoms with Gasteiger partial charge in [0.15, 0.2) is 0 Å². The molecule has 0 unspecified atom stereocenters. The molecule has 0 bridgehead atoms. The Morgan fingerprint density at radius 2 is 1.88 bits per heavy atom. The second kappa shape index (κ2) is 6.00. The summed E-state index contributed by atoms with van der Waals surface area (Å²) >= 11 is 0. The molecule has 16 heavy (non-hydrogen) atoms. The van der Waals surface area contributed by atoms with Crippen LogP contribution in [0.3, 0.4) is 0 Å². The van der Waals surface area contributed by atoms with Crippen molar-refractivity contribution in [1.82, 2.24) is 4.98 Å². The average Bonchev–Trinajstić information content (AvgIpc) is 2.33. The van der Waals surface area contributed by atoms with Gasteiger partial charge in [0.05, 0.1) is 6.61 Å². The van der Waals surface area contributed by atoms with Crippen LogP contribution in [0, 0.1) is 11.8 Å². The minimum atomic E-state index is 0.731. The Hall–Kier alpha value is -0.890. The Bertz CT molecular complexity index is 291. The first-order valence-electron chi connectivity index (χ1n) is 6.31. The van der Waals surface area contributed by atoms with E-state index in [1.165, 1.54) is 31.2 Å². The predicted octanol–water partition coefficient (Wildman–Crippen LogP) is 3.42. The van der Waals surface area contributed by atoms with Crippen LogP contribution in [0.2, 0.25) is 0 Å². The van der Waals surface area contributed by atoms with E-state index < -0.39 is 0 Å². The van der Waals surface area contributed by atoms with Crippen molar-refractivity contribution in [1.29, 1.82) is 0 Å². The molecule has 0 spiro atoms. The zero-order valence-corrected chi connectivity index (χ0v) is 10.1. The third-order valence-corrected chi connectivity index (χ3v) is 3.51. The molecule has 1 aromatic heterocycles. The molecule has 2 nitrogen and oxygen atoms in total. The van der Waals surface area contributed by atoms with Gasteiger partial charge in [0.25, 0.3) is 0 Å². The second-order valence-corrected chi connectivity index (χ2v) is 5.00. The fourth-order valence-electron chi connectivity index (χ4n) is 2.32. The molecule has 1 fully saturated rings. The van der Waals surface area contributed by atoms with E-state index in [9.17, 15) is 0 Å². The fraction of sp³-hybridized carbons (Fsp3) is 0.643. The van der Waals surface area contributed by atoms with Crippen LogP contribution in [-0.2, 0) is 11.3 Å². The molecule has 2 rings (SSSR count). The van der Waals surface area contributed by atoms with Crippen molar-refractivity contribution in [2.75, 3.05) is 6.61 Å². The molecule has 1 aliphatic carbocycles. The molecule has 0 saturated heterocycles. The lowest BCUT2D eigenvalue weighted by atomic mass is 9.83. The lowest BCUT2D eigenvalue weighted by Gasteiger charge is -2.25. The van der Waals surface area contributed by atoms with E-state index in [1.54, 1.807) is 0 Å². The summed E-state index contributed by atoms with van der Waals surface area (Å²) in [7, 11) is 0. The molecule has 0 radical (unpaired) electrons. The van der Waals surface area contributed by atoms with Crippen molar-refractivity contribution >= 4 is 0 Å². The first-order valence-corrected chi connectivity index (χ1v) is 6.31. The molecular formula is C14H21NO. The van der Waals surface area contributed by atoms with E-state index in [1.807, 2.05) is 24.5 Å². The van der Waals surface area contributed by atoms with Crippen molar-refractivity contribution in [3.8, 4) is 0 Å². The topological polar surface area (TPSA) is 22.1 Å². The largest absolute Gasteiger partial charge is 0.376 e. The maximum Gasteiger partial charge on any atom is 0.0718 e. The maximum absolute atomic E-state index is 5.77. The van der Waals surface area contributed by atoms with Gasteiger partial charge in [-0.3, -0.25) is 4.98 Å².